The van der Waals surface area contributed by atoms with E-state index < -0.39 is 0 Å². The summed E-state index contributed by atoms with van der Waals surface area (Å²) in [7, 11) is 1.97. The van der Waals surface area contributed by atoms with E-state index in [9.17, 15) is 0 Å². The Morgan fingerprint density at radius 2 is 1.95 bits per heavy atom. The molecule has 0 saturated carbocycles. The molecule has 0 saturated heterocycles. The number of nitrogens with zero attached hydrogens (tertiary/aromatic N) is 4. The van der Waals surface area contributed by atoms with Gasteiger partial charge < -0.3 is 10.2 Å². The fourth-order valence-corrected chi connectivity index (χ4v) is 1.89. The summed E-state index contributed by atoms with van der Waals surface area (Å²) >= 11 is 0. The molecule has 0 bridgehead atoms. The third kappa shape index (κ3) is 3.91. The van der Waals surface area contributed by atoms with E-state index in [1.165, 1.54) is 12.8 Å². The molecule has 1 aromatic carbocycles. The second-order valence-electron chi connectivity index (χ2n) is 4.67. The Morgan fingerprint density at radius 1 is 1.15 bits per heavy atom. The molecule has 1 N–H and O–H groups in total. The van der Waals surface area contributed by atoms with Crippen molar-refractivity contribution in [3.8, 4) is 0 Å². The van der Waals surface area contributed by atoms with E-state index >= 15 is 0 Å². The van der Waals surface area contributed by atoms with Crippen LogP contribution in [0, 0.1) is 0 Å². The van der Waals surface area contributed by atoms with E-state index in [-0.39, 0.29) is 0 Å². The molecule has 0 fully saturated rings. The molecule has 0 atom stereocenters. The van der Waals surface area contributed by atoms with Crippen molar-refractivity contribution in [2.24, 2.45) is 0 Å². The van der Waals surface area contributed by atoms with E-state index in [0.717, 1.165) is 24.5 Å². The predicted molar refractivity (Wildman–Crippen MR) is 82.3 cm³/mol. The van der Waals surface area contributed by atoms with Crippen molar-refractivity contribution >= 4 is 17.5 Å². The van der Waals surface area contributed by atoms with Gasteiger partial charge in [-0.25, -0.2) is 0 Å². The van der Waals surface area contributed by atoms with Crippen LogP contribution in [0.3, 0.4) is 0 Å². The largest absolute Gasteiger partial charge is 0.353 e. The van der Waals surface area contributed by atoms with Crippen molar-refractivity contribution < 1.29 is 0 Å². The molecule has 1 aromatic heterocycles. The van der Waals surface area contributed by atoms with Gasteiger partial charge in [-0.15, -0.1) is 5.10 Å². The number of nitrogens with one attached hydrogen (secondary N) is 1. The van der Waals surface area contributed by atoms with E-state index in [4.69, 9.17) is 0 Å². The third-order valence-corrected chi connectivity index (χ3v) is 3.10. The molecule has 2 rings (SSSR count). The highest BCUT2D eigenvalue weighted by atomic mass is 15.3. The van der Waals surface area contributed by atoms with Gasteiger partial charge >= 0.3 is 0 Å². The number of hydrogen-bond donors (Lipinski definition) is 1. The lowest BCUT2D eigenvalue weighted by Gasteiger charge is -2.18. The lowest BCUT2D eigenvalue weighted by molar-refractivity contribution is 0.738. The first kappa shape index (κ1) is 14.2. The molecular formula is C15H21N5. The summed E-state index contributed by atoms with van der Waals surface area (Å²) in [6.07, 6.45) is 5.21. The fraction of sp³-hybridized carbons (Fsp3) is 0.400. The fourth-order valence-electron chi connectivity index (χ4n) is 1.89. The first-order valence-corrected chi connectivity index (χ1v) is 7.03. The number of rotatable bonds is 7. The van der Waals surface area contributed by atoms with Crippen LogP contribution >= 0.6 is 0 Å². The van der Waals surface area contributed by atoms with Crippen molar-refractivity contribution in [3.63, 3.8) is 0 Å². The summed E-state index contributed by atoms with van der Waals surface area (Å²) in [6, 6.07) is 10.1. The Bertz CT molecular complexity index is 515. The topological polar surface area (TPSA) is 53.9 Å². The molecule has 20 heavy (non-hydrogen) atoms. The Labute approximate surface area is 120 Å². The van der Waals surface area contributed by atoms with Gasteiger partial charge in [-0.1, -0.05) is 38.0 Å². The summed E-state index contributed by atoms with van der Waals surface area (Å²) < 4.78 is 0. The summed E-state index contributed by atoms with van der Waals surface area (Å²) in [6.45, 7) is 3.07. The highest BCUT2D eigenvalue weighted by molar-refractivity contribution is 5.58. The van der Waals surface area contributed by atoms with Gasteiger partial charge in [0.2, 0.25) is 5.95 Å². The van der Waals surface area contributed by atoms with Crippen LogP contribution in [0.15, 0.2) is 36.5 Å². The zero-order valence-corrected chi connectivity index (χ0v) is 12.1. The van der Waals surface area contributed by atoms with Gasteiger partial charge in [0.25, 0.3) is 0 Å². The van der Waals surface area contributed by atoms with Gasteiger partial charge in [0.1, 0.15) is 0 Å². The number of hydrogen-bond acceptors (Lipinski definition) is 5. The maximum Gasteiger partial charge on any atom is 0.244 e. The molecule has 0 aliphatic rings. The molecule has 0 unspecified atom stereocenters. The number of anilines is 3. The van der Waals surface area contributed by atoms with Crippen molar-refractivity contribution in [1.82, 2.24) is 15.2 Å². The van der Waals surface area contributed by atoms with Crippen molar-refractivity contribution in [2.45, 2.75) is 26.2 Å². The van der Waals surface area contributed by atoms with Gasteiger partial charge in [0.05, 0.1) is 6.20 Å². The quantitative estimate of drug-likeness (QED) is 0.783. The molecule has 0 spiro atoms. The number of aromatic nitrogens is 3. The van der Waals surface area contributed by atoms with Crippen LogP contribution in [0.1, 0.15) is 26.2 Å². The number of benzene rings is 1. The second kappa shape index (κ2) is 7.43. The minimum absolute atomic E-state index is 0.585. The van der Waals surface area contributed by atoms with Gasteiger partial charge in [-0.2, -0.15) is 10.1 Å². The van der Waals surface area contributed by atoms with Crippen LogP contribution in [0.25, 0.3) is 0 Å². The maximum atomic E-state index is 4.49. The van der Waals surface area contributed by atoms with E-state index in [1.54, 1.807) is 6.20 Å². The average molecular weight is 271 g/mol. The minimum Gasteiger partial charge on any atom is -0.353 e. The van der Waals surface area contributed by atoms with Crippen LogP contribution in [-0.4, -0.2) is 28.8 Å². The van der Waals surface area contributed by atoms with Gasteiger partial charge in [-0.05, 0) is 18.6 Å². The lowest BCUT2D eigenvalue weighted by atomic mass is 10.2. The molecule has 0 amide bonds. The average Bonchev–Trinajstić information content (AvgIpc) is 2.52. The van der Waals surface area contributed by atoms with Gasteiger partial charge in [0, 0.05) is 19.3 Å². The third-order valence-electron chi connectivity index (χ3n) is 3.10. The minimum atomic E-state index is 0.585. The molecular weight excluding hydrogens is 250 g/mol. The summed E-state index contributed by atoms with van der Waals surface area (Å²) in [5.41, 5.74) is 1.07. The Balaban J connectivity index is 2.02. The van der Waals surface area contributed by atoms with Crippen molar-refractivity contribution in [3.05, 3.63) is 36.5 Å². The molecule has 0 aliphatic carbocycles. The van der Waals surface area contributed by atoms with Crippen LogP contribution in [0.5, 0.6) is 0 Å². The standard InChI is InChI=1S/C15H21N5/c1-3-4-8-11-16-15-18-14(12-17-19-15)20(2)13-9-6-5-7-10-13/h5-7,9-10,12H,3-4,8,11H2,1-2H3,(H,16,18,19). The molecule has 0 radical (unpaired) electrons. The molecule has 1 heterocycles. The Kier molecular flexibility index (Phi) is 5.29. The first-order chi connectivity index (χ1) is 9.81. The Morgan fingerprint density at radius 3 is 2.70 bits per heavy atom. The molecule has 5 nitrogen and oxygen atoms in total. The zero-order chi connectivity index (χ0) is 14.2. The van der Waals surface area contributed by atoms with Crippen LogP contribution in [0.2, 0.25) is 0 Å². The second-order valence-corrected chi connectivity index (χ2v) is 4.67. The molecule has 106 valence electrons. The molecule has 2 aromatic rings. The summed E-state index contributed by atoms with van der Waals surface area (Å²) in [5.74, 6) is 1.37. The van der Waals surface area contributed by atoms with Crippen molar-refractivity contribution in [2.75, 3.05) is 23.8 Å². The Hall–Kier alpha value is -2.17. The van der Waals surface area contributed by atoms with Crippen LogP contribution in [-0.2, 0) is 0 Å². The molecule has 0 aliphatic heterocycles. The van der Waals surface area contributed by atoms with Crippen LogP contribution < -0.4 is 10.2 Å². The highest BCUT2D eigenvalue weighted by Gasteiger charge is 2.07. The molecule has 5 heteroatoms. The van der Waals surface area contributed by atoms with E-state index in [2.05, 4.69) is 27.4 Å². The van der Waals surface area contributed by atoms with Crippen molar-refractivity contribution in [1.29, 1.82) is 0 Å². The van der Waals surface area contributed by atoms with E-state index in [0.29, 0.717) is 5.95 Å². The van der Waals surface area contributed by atoms with Crippen LogP contribution in [0.4, 0.5) is 17.5 Å². The van der Waals surface area contributed by atoms with Gasteiger partial charge in [-0.3, -0.25) is 0 Å². The lowest BCUT2D eigenvalue weighted by Crippen LogP contribution is -2.14. The first-order valence-electron chi connectivity index (χ1n) is 7.03. The van der Waals surface area contributed by atoms with Gasteiger partial charge in [0.15, 0.2) is 5.82 Å². The SMILES string of the molecule is CCCCCNc1nncc(N(C)c2ccccc2)n1. The monoisotopic (exact) mass is 271 g/mol. The summed E-state index contributed by atoms with van der Waals surface area (Å²) in [4.78, 5) is 6.48. The number of unbranched alkanes of at least 4 members (excludes halogenated alkanes) is 2. The predicted octanol–water partition coefficient (Wildman–Crippen LogP) is 3.24. The highest BCUT2D eigenvalue weighted by Crippen LogP contribution is 2.20. The number of para-hydroxylation sites is 1. The summed E-state index contributed by atoms with van der Waals surface area (Å²) in [5, 5.41) is 11.2. The maximum absolute atomic E-state index is 4.49. The van der Waals surface area contributed by atoms with E-state index in [1.807, 2.05) is 42.3 Å². The zero-order valence-electron chi connectivity index (χ0n) is 12.1. The normalized spacial score (nSPS) is 10.3. The smallest absolute Gasteiger partial charge is 0.244 e.